The molecule has 0 aliphatic carbocycles. The van der Waals surface area contributed by atoms with Gasteiger partial charge in [-0.15, -0.1) is 0 Å². The highest BCUT2D eigenvalue weighted by Crippen LogP contribution is 2.35. The SMILES string of the molecule is CCCCCOC(CC)C(=O)NC(C#N)Cc1ccc(-c2ccc3c(c2)NC(=O)C3C)cc1. The van der Waals surface area contributed by atoms with Crippen molar-refractivity contribution < 1.29 is 14.3 Å². The van der Waals surface area contributed by atoms with E-state index in [1.807, 2.05) is 56.3 Å². The monoisotopic (exact) mass is 447 g/mol. The maximum absolute atomic E-state index is 12.6. The first-order valence-electron chi connectivity index (χ1n) is 11.8. The van der Waals surface area contributed by atoms with Gasteiger partial charge in [0.05, 0.1) is 12.0 Å². The fourth-order valence-electron chi connectivity index (χ4n) is 4.02. The summed E-state index contributed by atoms with van der Waals surface area (Å²) in [7, 11) is 0. The van der Waals surface area contributed by atoms with E-state index in [9.17, 15) is 14.9 Å². The number of hydrogen-bond donors (Lipinski definition) is 2. The van der Waals surface area contributed by atoms with Crippen LogP contribution < -0.4 is 10.6 Å². The van der Waals surface area contributed by atoms with Crippen LogP contribution in [0.25, 0.3) is 11.1 Å². The van der Waals surface area contributed by atoms with Crippen LogP contribution in [0.4, 0.5) is 5.69 Å². The van der Waals surface area contributed by atoms with Crippen LogP contribution in [0.2, 0.25) is 0 Å². The largest absolute Gasteiger partial charge is 0.368 e. The van der Waals surface area contributed by atoms with E-state index in [-0.39, 0.29) is 17.7 Å². The third-order valence-corrected chi connectivity index (χ3v) is 6.10. The third-order valence-electron chi connectivity index (χ3n) is 6.10. The van der Waals surface area contributed by atoms with Gasteiger partial charge < -0.3 is 15.4 Å². The van der Waals surface area contributed by atoms with Gasteiger partial charge >= 0.3 is 0 Å². The molecule has 2 amide bonds. The van der Waals surface area contributed by atoms with Gasteiger partial charge in [-0.3, -0.25) is 9.59 Å². The van der Waals surface area contributed by atoms with Crippen LogP contribution in [0.15, 0.2) is 42.5 Å². The molecule has 1 aliphatic heterocycles. The number of rotatable bonds is 11. The summed E-state index contributed by atoms with van der Waals surface area (Å²) in [5, 5.41) is 15.3. The van der Waals surface area contributed by atoms with Crippen molar-refractivity contribution in [1.29, 1.82) is 5.26 Å². The molecule has 3 rings (SSSR count). The first-order valence-corrected chi connectivity index (χ1v) is 11.8. The molecule has 1 aliphatic rings. The standard InChI is InChI=1S/C27H33N3O3/c1-4-6-7-14-33-25(5-2)27(32)29-22(17-28)15-19-8-10-20(11-9-19)21-12-13-23-18(3)26(31)30-24(23)16-21/h8-13,16,18,22,25H,4-7,14-15H2,1-3H3,(H,29,32)(H,30,31). The minimum atomic E-state index is -0.617. The highest BCUT2D eigenvalue weighted by Gasteiger charge is 2.26. The number of amides is 2. The van der Waals surface area contributed by atoms with E-state index in [1.165, 1.54) is 0 Å². The van der Waals surface area contributed by atoms with E-state index in [1.54, 1.807) is 0 Å². The summed E-state index contributed by atoms with van der Waals surface area (Å²) in [6.07, 6.45) is 3.59. The number of carbonyl (C=O) groups excluding carboxylic acids is 2. The third kappa shape index (κ3) is 6.21. The number of unbranched alkanes of at least 4 members (excludes halogenated alkanes) is 2. The number of anilines is 1. The molecule has 6 heteroatoms. The smallest absolute Gasteiger partial charge is 0.250 e. The normalized spacial score (nSPS) is 16.4. The fraction of sp³-hybridized carbons (Fsp3) is 0.444. The molecule has 6 nitrogen and oxygen atoms in total. The topological polar surface area (TPSA) is 91.2 Å². The lowest BCUT2D eigenvalue weighted by molar-refractivity contribution is -0.133. The van der Waals surface area contributed by atoms with Gasteiger partial charge in [0.15, 0.2) is 0 Å². The summed E-state index contributed by atoms with van der Waals surface area (Å²) in [6, 6.07) is 15.5. The second kappa shape index (κ2) is 11.6. The molecule has 1 heterocycles. The molecular formula is C27H33N3O3. The van der Waals surface area contributed by atoms with E-state index < -0.39 is 12.1 Å². The fourth-order valence-corrected chi connectivity index (χ4v) is 4.02. The average molecular weight is 448 g/mol. The van der Waals surface area contributed by atoms with E-state index in [0.717, 1.165) is 47.2 Å². The molecular weight excluding hydrogens is 414 g/mol. The van der Waals surface area contributed by atoms with Gasteiger partial charge in [-0.25, -0.2) is 0 Å². The molecule has 0 aromatic heterocycles. The zero-order valence-electron chi connectivity index (χ0n) is 19.7. The van der Waals surface area contributed by atoms with Gasteiger partial charge in [0.2, 0.25) is 11.8 Å². The van der Waals surface area contributed by atoms with E-state index in [0.29, 0.717) is 19.4 Å². The number of fused-ring (bicyclic) bond motifs is 1. The van der Waals surface area contributed by atoms with Crippen LogP contribution in [0.1, 0.15) is 63.5 Å². The zero-order chi connectivity index (χ0) is 23.8. The Kier molecular flexibility index (Phi) is 8.62. The second-order valence-corrected chi connectivity index (χ2v) is 8.58. The highest BCUT2D eigenvalue weighted by molar-refractivity contribution is 6.03. The van der Waals surface area contributed by atoms with Crippen molar-refractivity contribution >= 4 is 17.5 Å². The van der Waals surface area contributed by atoms with Crippen molar-refractivity contribution in [3.63, 3.8) is 0 Å². The number of nitriles is 1. The van der Waals surface area contributed by atoms with Crippen LogP contribution >= 0.6 is 0 Å². The van der Waals surface area contributed by atoms with Gasteiger partial charge in [0, 0.05) is 18.7 Å². The van der Waals surface area contributed by atoms with Gasteiger partial charge in [0.1, 0.15) is 12.1 Å². The summed E-state index contributed by atoms with van der Waals surface area (Å²) in [4.78, 5) is 24.5. The quantitative estimate of drug-likeness (QED) is 0.477. The summed E-state index contributed by atoms with van der Waals surface area (Å²) < 4.78 is 5.71. The summed E-state index contributed by atoms with van der Waals surface area (Å²) in [5.41, 5.74) is 4.90. The number of hydrogen-bond acceptors (Lipinski definition) is 4. The van der Waals surface area contributed by atoms with E-state index >= 15 is 0 Å². The Balaban J connectivity index is 1.59. The predicted molar refractivity (Wildman–Crippen MR) is 130 cm³/mol. The molecule has 0 saturated heterocycles. The molecule has 3 atom stereocenters. The second-order valence-electron chi connectivity index (χ2n) is 8.58. The maximum Gasteiger partial charge on any atom is 0.250 e. The maximum atomic E-state index is 12.6. The van der Waals surface area contributed by atoms with Crippen LogP contribution in [0, 0.1) is 11.3 Å². The Morgan fingerprint density at radius 3 is 2.55 bits per heavy atom. The molecule has 2 N–H and O–H groups in total. The molecule has 0 fully saturated rings. The van der Waals surface area contributed by atoms with Crippen molar-refractivity contribution in [2.24, 2.45) is 0 Å². The van der Waals surface area contributed by atoms with Crippen LogP contribution in [0.5, 0.6) is 0 Å². The zero-order valence-corrected chi connectivity index (χ0v) is 19.7. The van der Waals surface area contributed by atoms with Gasteiger partial charge in [-0.05, 0) is 48.1 Å². The molecule has 0 bridgehead atoms. The Morgan fingerprint density at radius 2 is 1.88 bits per heavy atom. The molecule has 2 aromatic carbocycles. The molecule has 2 aromatic rings. The Labute approximate surface area is 196 Å². The van der Waals surface area contributed by atoms with Crippen molar-refractivity contribution in [3.05, 3.63) is 53.6 Å². The Hall–Kier alpha value is -3.17. The van der Waals surface area contributed by atoms with Gasteiger partial charge in [-0.1, -0.05) is 63.1 Å². The Morgan fingerprint density at radius 1 is 1.15 bits per heavy atom. The molecule has 0 radical (unpaired) electrons. The van der Waals surface area contributed by atoms with Crippen molar-refractivity contribution in [1.82, 2.24) is 5.32 Å². The summed E-state index contributed by atoms with van der Waals surface area (Å²) in [5.74, 6) is -0.325. The molecule has 0 saturated carbocycles. The van der Waals surface area contributed by atoms with E-state index in [4.69, 9.17) is 4.74 Å². The van der Waals surface area contributed by atoms with Crippen molar-refractivity contribution in [2.75, 3.05) is 11.9 Å². The lowest BCUT2D eigenvalue weighted by atomic mass is 9.97. The number of ether oxygens (including phenoxy) is 1. The highest BCUT2D eigenvalue weighted by atomic mass is 16.5. The first kappa shape index (κ1) is 24.5. The van der Waals surface area contributed by atoms with E-state index in [2.05, 4.69) is 23.6 Å². The predicted octanol–water partition coefficient (Wildman–Crippen LogP) is 4.95. The molecule has 33 heavy (non-hydrogen) atoms. The minimum absolute atomic E-state index is 0.0266. The molecule has 0 spiro atoms. The molecule has 174 valence electrons. The lowest BCUT2D eigenvalue weighted by Gasteiger charge is -2.18. The number of benzene rings is 2. The minimum Gasteiger partial charge on any atom is -0.368 e. The van der Waals surface area contributed by atoms with Crippen molar-refractivity contribution in [3.8, 4) is 17.2 Å². The van der Waals surface area contributed by atoms with Crippen LogP contribution in [-0.4, -0.2) is 30.6 Å². The number of nitrogens with zero attached hydrogens (tertiary/aromatic N) is 1. The van der Waals surface area contributed by atoms with Gasteiger partial charge in [0.25, 0.3) is 0 Å². The lowest BCUT2D eigenvalue weighted by Crippen LogP contribution is -2.42. The number of nitrogens with one attached hydrogen (secondary N) is 2. The van der Waals surface area contributed by atoms with Crippen LogP contribution in [-0.2, 0) is 20.7 Å². The summed E-state index contributed by atoms with van der Waals surface area (Å²) in [6.45, 7) is 6.50. The average Bonchev–Trinajstić information content (AvgIpc) is 3.11. The molecule has 3 unspecified atom stereocenters. The summed E-state index contributed by atoms with van der Waals surface area (Å²) >= 11 is 0. The number of carbonyl (C=O) groups is 2. The first-order chi connectivity index (χ1) is 16.0. The van der Waals surface area contributed by atoms with Crippen molar-refractivity contribution in [2.45, 2.75) is 70.9 Å². The Bertz CT molecular complexity index is 1010. The van der Waals surface area contributed by atoms with Crippen LogP contribution in [0.3, 0.4) is 0 Å². The van der Waals surface area contributed by atoms with Gasteiger partial charge in [-0.2, -0.15) is 5.26 Å².